The molecule has 8 nitrogen and oxygen atoms in total. The van der Waals surface area contributed by atoms with E-state index < -0.39 is 34.1 Å². The minimum Gasteiger partial charge on any atom is -0.456 e. The van der Waals surface area contributed by atoms with Gasteiger partial charge in [-0.05, 0) is 55.5 Å². The van der Waals surface area contributed by atoms with Gasteiger partial charge in [-0.15, -0.1) is 0 Å². The van der Waals surface area contributed by atoms with Crippen LogP contribution < -0.4 is 5.32 Å². The first-order chi connectivity index (χ1) is 15.8. The fourth-order valence-electron chi connectivity index (χ4n) is 2.72. The van der Waals surface area contributed by atoms with E-state index in [0.717, 1.165) is 11.3 Å². The summed E-state index contributed by atoms with van der Waals surface area (Å²) < 4.78 is 29.4. The zero-order valence-corrected chi connectivity index (χ0v) is 18.8. The summed E-state index contributed by atoms with van der Waals surface area (Å²) in [5, 5.41) is 10.8. The second-order valence-electron chi connectivity index (χ2n) is 7.17. The Morgan fingerprint density at radius 3 is 2.09 bits per heavy atom. The molecule has 0 aromatic heterocycles. The molecular weight excluding hydrogens is 442 g/mol. The Bertz CT molecular complexity index is 1220. The van der Waals surface area contributed by atoms with E-state index >= 15 is 0 Å². The number of esters is 1. The molecule has 0 unspecified atom stereocenters. The molecule has 3 aromatic carbocycles. The van der Waals surface area contributed by atoms with Crippen LogP contribution in [0.15, 0.2) is 94.0 Å². The van der Waals surface area contributed by atoms with Crippen molar-refractivity contribution in [2.24, 2.45) is 10.2 Å². The molecule has 0 spiro atoms. The van der Waals surface area contributed by atoms with Crippen molar-refractivity contribution in [1.29, 1.82) is 0 Å². The number of nitrogens with zero attached hydrogens (tertiary/aromatic N) is 2. The summed E-state index contributed by atoms with van der Waals surface area (Å²) in [7, 11) is -3.60. The highest BCUT2D eigenvalue weighted by Gasteiger charge is 2.17. The van der Waals surface area contributed by atoms with E-state index in [1.807, 2.05) is 37.3 Å². The predicted molar refractivity (Wildman–Crippen MR) is 124 cm³/mol. The minimum atomic E-state index is -3.60. The standard InChI is InChI=1S/C24H23N3O5S/c1-18-7-13-22(14-8-18)33(30,31)16-15-24(29)32-17-23(28)25-19-9-11-21(12-10-19)27-26-20-5-3-2-4-6-20/h2-14H,15-17H2,1H3,(H,25,28). The van der Waals surface area contributed by atoms with Gasteiger partial charge in [-0.1, -0.05) is 35.9 Å². The Labute approximate surface area is 192 Å². The summed E-state index contributed by atoms with van der Waals surface area (Å²) >= 11 is 0. The number of aryl methyl sites for hydroxylation is 1. The molecule has 9 heteroatoms. The molecule has 33 heavy (non-hydrogen) atoms. The van der Waals surface area contributed by atoms with Crippen LogP contribution in [0.3, 0.4) is 0 Å². The van der Waals surface area contributed by atoms with Crippen molar-refractivity contribution in [3.8, 4) is 0 Å². The highest BCUT2D eigenvalue weighted by molar-refractivity contribution is 7.91. The third-order valence-electron chi connectivity index (χ3n) is 4.51. The van der Waals surface area contributed by atoms with Crippen molar-refractivity contribution >= 4 is 38.8 Å². The van der Waals surface area contributed by atoms with Gasteiger partial charge in [-0.25, -0.2) is 8.42 Å². The van der Waals surface area contributed by atoms with Crippen LogP contribution in [0, 0.1) is 6.92 Å². The second kappa shape index (κ2) is 11.1. The van der Waals surface area contributed by atoms with E-state index in [4.69, 9.17) is 4.74 Å². The van der Waals surface area contributed by atoms with Crippen LogP contribution in [0.5, 0.6) is 0 Å². The Hall–Kier alpha value is -3.85. The van der Waals surface area contributed by atoms with Crippen molar-refractivity contribution in [1.82, 2.24) is 0 Å². The third-order valence-corrected chi connectivity index (χ3v) is 6.24. The topological polar surface area (TPSA) is 114 Å². The second-order valence-corrected chi connectivity index (χ2v) is 9.28. The van der Waals surface area contributed by atoms with Crippen LogP contribution in [0.2, 0.25) is 0 Å². The number of anilines is 1. The maximum atomic E-state index is 12.3. The maximum absolute atomic E-state index is 12.3. The summed E-state index contributed by atoms with van der Waals surface area (Å²) in [6.07, 6.45) is -0.343. The number of hydrogen-bond donors (Lipinski definition) is 1. The van der Waals surface area contributed by atoms with Gasteiger partial charge in [0.1, 0.15) is 0 Å². The smallest absolute Gasteiger partial charge is 0.307 e. The van der Waals surface area contributed by atoms with Crippen molar-refractivity contribution in [3.05, 3.63) is 84.4 Å². The van der Waals surface area contributed by atoms with Gasteiger partial charge in [-0.3, -0.25) is 9.59 Å². The lowest BCUT2D eigenvalue weighted by molar-refractivity contribution is -0.146. The van der Waals surface area contributed by atoms with Crippen LogP contribution >= 0.6 is 0 Å². The summed E-state index contributed by atoms with van der Waals surface area (Å²) in [4.78, 5) is 24.0. The van der Waals surface area contributed by atoms with E-state index in [-0.39, 0.29) is 11.3 Å². The van der Waals surface area contributed by atoms with Crippen LogP contribution in [0.1, 0.15) is 12.0 Å². The fourth-order valence-corrected chi connectivity index (χ4v) is 3.94. The van der Waals surface area contributed by atoms with E-state index in [1.54, 1.807) is 36.4 Å². The van der Waals surface area contributed by atoms with Gasteiger partial charge in [0.2, 0.25) is 0 Å². The molecule has 0 radical (unpaired) electrons. The number of sulfone groups is 1. The van der Waals surface area contributed by atoms with Crippen LogP contribution in [-0.4, -0.2) is 32.7 Å². The van der Waals surface area contributed by atoms with Gasteiger partial charge in [0.25, 0.3) is 5.91 Å². The molecule has 3 rings (SSSR count). The molecular formula is C24H23N3O5S. The molecule has 0 aliphatic carbocycles. The number of rotatable bonds is 9. The largest absolute Gasteiger partial charge is 0.456 e. The van der Waals surface area contributed by atoms with Crippen molar-refractivity contribution in [3.63, 3.8) is 0 Å². The Morgan fingerprint density at radius 2 is 1.45 bits per heavy atom. The number of carbonyl (C=O) groups is 2. The fraction of sp³-hybridized carbons (Fsp3) is 0.167. The van der Waals surface area contributed by atoms with E-state index in [9.17, 15) is 18.0 Å². The van der Waals surface area contributed by atoms with Gasteiger partial charge in [0.15, 0.2) is 16.4 Å². The van der Waals surface area contributed by atoms with Crippen molar-refractivity contribution in [2.75, 3.05) is 17.7 Å². The van der Waals surface area contributed by atoms with Crippen molar-refractivity contribution < 1.29 is 22.7 Å². The first kappa shape index (κ1) is 23.8. The lowest BCUT2D eigenvalue weighted by atomic mass is 10.2. The first-order valence-electron chi connectivity index (χ1n) is 10.1. The molecule has 0 bridgehead atoms. The number of carbonyl (C=O) groups excluding carboxylic acids is 2. The SMILES string of the molecule is Cc1ccc(S(=O)(=O)CCC(=O)OCC(=O)Nc2ccc(N=Nc3ccccc3)cc2)cc1. The normalized spacial score (nSPS) is 11.3. The van der Waals surface area contributed by atoms with Crippen molar-refractivity contribution in [2.45, 2.75) is 18.2 Å². The minimum absolute atomic E-state index is 0.144. The zero-order valence-electron chi connectivity index (χ0n) is 18.0. The molecule has 1 amide bonds. The molecule has 170 valence electrons. The maximum Gasteiger partial charge on any atom is 0.307 e. The van der Waals surface area contributed by atoms with Gasteiger partial charge >= 0.3 is 5.97 Å². The van der Waals surface area contributed by atoms with Gasteiger partial charge < -0.3 is 10.1 Å². The zero-order chi connectivity index (χ0) is 23.7. The average Bonchev–Trinajstić information content (AvgIpc) is 2.82. The molecule has 1 N–H and O–H groups in total. The number of nitrogens with one attached hydrogen (secondary N) is 1. The van der Waals surface area contributed by atoms with Gasteiger partial charge in [-0.2, -0.15) is 10.2 Å². The monoisotopic (exact) mass is 465 g/mol. The summed E-state index contributed by atoms with van der Waals surface area (Å²) in [5.74, 6) is -1.70. The molecule has 0 heterocycles. The third kappa shape index (κ3) is 7.65. The number of amides is 1. The highest BCUT2D eigenvalue weighted by atomic mass is 32.2. The number of azo groups is 1. The summed E-state index contributed by atoms with van der Waals surface area (Å²) in [6, 6.07) is 22.3. The first-order valence-corrected chi connectivity index (χ1v) is 11.8. The Morgan fingerprint density at radius 1 is 0.848 bits per heavy atom. The van der Waals surface area contributed by atoms with E-state index in [0.29, 0.717) is 11.4 Å². The lowest BCUT2D eigenvalue weighted by Gasteiger charge is -2.07. The van der Waals surface area contributed by atoms with E-state index in [1.165, 1.54) is 12.1 Å². The summed E-state index contributed by atoms with van der Waals surface area (Å²) in [5.41, 5.74) is 2.77. The highest BCUT2D eigenvalue weighted by Crippen LogP contribution is 2.20. The quantitative estimate of drug-likeness (QED) is 0.362. The number of benzene rings is 3. The van der Waals surface area contributed by atoms with Gasteiger partial charge in [0, 0.05) is 5.69 Å². The molecule has 0 fully saturated rings. The molecule has 0 atom stereocenters. The number of hydrogen-bond acceptors (Lipinski definition) is 7. The molecule has 0 aliphatic heterocycles. The van der Waals surface area contributed by atoms with Gasteiger partial charge in [0.05, 0.1) is 28.4 Å². The molecule has 0 aliphatic rings. The summed E-state index contributed by atoms with van der Waals surface area (Å²) in [6.45, 7) is 1.34. The predicted octanol–water partition coefficient (Wildman–Crippen LogP) is 4.76. The molecule has 3 aromatic rings. The van der Waals surface area contributed by atoms with Crippen LogP contribution in [0.4, 0.5) is 17.1 Å². The molecule has 0 saturated heterocycles. The lowest BCUT2D eigenvalue weighted by Crippen LogP contribution is -2.22. The van der Waals surface area contributed by atoms with E-state index in [2.05, 4.69) is 15.5 Å². The van der Waals surface area contributed by atoms with Crippen LogP contribution in [-0.2, 0) is 24.2 Å². The molecule has 0 saturated carbocycles. The van der Waals surface area contributed by atoms with Crippen LogP contribution in [0.25, 0.3) is 0 Å². The Balaban J connectivity index is 1.42. The Kier molecular flexibility index (Phi) is 8.04. The average molecular weight is 466 g/mol. The number of ether oxygens (including phenoxy) is 1.